The number of rotatable bonds is 6. The van der Waals surface area contributed by atoms with Crippen LogP contribution in [0.3, 0.4) is 0 Å². The van der Waals surface area contributed by atoms with Gasteiger partial charge in [-0.15, -0.1) is 0 Å². The van der Waals surface area contributed by atoms with Gasteiger partial charge in [-0.3, -0.25) is 0 Å². The van der Waals surface area contributed by atoms with Gasteiger partial charge in [-0.1, -0.05) is 29.8 Å². The second-order valence-electron chi connectivity index (χ2n) is 5.77. The highest BCUT2D eigenvalue weighted by molar-refractivity contribution is 6.30. The van der Waals surface area contributed by atoms with Crippen LogP contribution in [0.2, 0.25) is 5.02 Å². The van der Waals surface area contributed by atoms with Crippen molar-refractivity contribution >= 4 is 11.6 Å². The maximum atomic E-state index is 10.2. The molecule has 2 atom stereocenters. The molecule has 122 valence electrons. The topological polar surface area (TPSA) is 50.7 Å². The summed E-state index contributed by atoms with van der Waals surface area (Å²) in [5.74, 6) is 1.60. The summed E-state index contributed by atoms with van der Waals surface area (Å²) in [6.45, 7) is 2.86. The third kappa shape index (κ3) is 4.16. The van der Waals surface area contributed by atoms with Gasteiger partial charge in [-0.25, -0.2) is 0 Å². The fraction of sp³-hybridized carbons (Fsp3) is 0.333. The molecule has 2 aromatic rings. The Hall–Kier alpha value is -1.75. The van der Waals surface area contributed by atoms with E-state index in [1.165, 1.54) is 5.56 Å². The van der Waals surface area contributed by atoms with E-state index in [-0.39, 0.29) is 6.04 Å². The standard InChI is InChI=1S/C18H20ClNO3/c1-12(7-13-5-6-17-18(8-13)23-11-22-17)20-10-16(21)14-3-2-4-15(19)9-14/h2-6,8-9,12,16,20-21H,7,10-11H2,1H3/t12-,16+/m1/s1. The quantitative estimate of drug-likeness (QED) is 0.851. The summed E-state index contributed by atoms with van der Waals surface area (Å²) in [5, 5.41) is 14.2. The lowest BCUT2D eigenvalue weighted by molar-refractivity contribution is 0.170. The van der Waals surface area contributed by atoms with Gasteiger partial charge in [0.2, 0.25) is 6.79 Å². The highest BCUT2D eigenvalue weighted by atomic mass is 35.5. The molecule has 1 aliphatic rings. The predicted octanol–water partition coefficient (Wildman–Crippen LogP) is 3.32. The molecule has 5 heteroatoms. The number of hydrogen-bond donors (Lipinski definition) is 2. The Bertz CT molecular complexity index is 677. The van der Waals surface area contributed by atoms with Gasteiger partial charge in [-0.2, -0.15) is 0 Å². The molecule has 0 bridgehead atoms. The van der Waals surface area contributed by atoms with Gasteiger partial charge in [0, 0.05) is 17.6 Å². The van der Waals surface area contributed by atoms with Crippen molar-refractivity contribution in [1.29, 1.82) is 0 Å². The average molecular weight is 334 g/mol. The van der Waals surface area contributed by atoms with E-state index in [0.717, 1.165) is 23.5 Å². The van der Waals surface area contributed by atoms with Crippen LogP contribution in [0.1, 0.15) is 24.2 Å². The van der Waals surface area contributed by atoms with Crippen molar-refractivity contribution in [2.45, 2.75) is 25.5 Å². The third-order valence-electron chi connectivity index (χ3n) is 3.87. The van der Waals surface area contributed by atoms with E-state index in [2.05, 4.69) is 12.2 Å². The van der Waals surface area contributed by atoms with E-state index < -0.39 is 6.10 Å². The number of ether oxygens (including phenoxy) is 2. The first-order valence-corrected chi connectivity index (χ1v) is 8.05. The largest absolute Gasteiger partial charge is 0.454 e. The first-order chi connectivity index (χ1) is 11.1. The molecule has 0 saturated carbocycles. The van der Waals surface area contributed by atoms with Crippen molar-refractivity contribution in [3.63, 3.8) is 0 Å². The lowest BCUT2D eigenvalue weighted by Gasteiger charge is -2.18. The van der Waals surface area contributed by atoms with E-state index in [0.29, 0.717) is 18.4 Å². The molecular weight excluding hydrogens is 314 g/mol. The normalized spacial score (nSPS) is 15.4. The van der Waals surface area contributed by atoms with Crippen molar-refractivity contribution < 1.29 is 14.6 Å². The number of fused-ring (bicyclic) bond motifs is 1. The van der Waals surface area contributed by atoms with E-state index in [1.807, 2.05) is 30.3 Å². The summed E-state index contributed by atoms with van der Waals surface area (Å²) in [7, 11) is 0. The van der Waals surface area contributed by atoms with Crippen LogP contribution < -0.4 is 14.8 Å². The van der Waals surface area contributed by atoms with Gasteiger partial charge in [0.15, 0.2) is 11.5 Å². The molecule has 3 rings (SSSR count). The van der Waals surface area contributed by atoms with Crippen molar-refractivity contribution in [2.75, 3.05) is 13.3 Å². The lowest BCUT2D eigenvalue weighted by atomic mass is 10.1. The zero-order valence-corrected chi connectivity index (χ0v) is 13.7. The maximum absolute atomic E-state index is 10.2. The molecule has 0 unspecified atom stereocenters. The minimum absolute atomic E-state index is 0.226. The summed E-state index contributed by atoms with van der Waals surface area (Å²) in [6.07, 6.45) is 0.270. The Morgan fingerprint density at radius 3 is 2.83 bits per heavy atom. The minimum Gasteiger partial charge on any atom is -0.454 e. The van der Waals surface area contributed by atoms with Crippen molar-refractivity contribution in [2.24, 2.45) is 0 Å². The van der Waals surface area contributed by atoms with E-state index in [1.54, 1.807) is 12.1 Å². The summed E-state index contributed by atoms with van der Waals surface area (Å²) in [5.41, 5.74) is 1.99. The Balaban J connectivity index is 1.52. The van der Waals surface area contributed by atoms with Gasteiger partial charge < -0.3 is 19.9 Å². The molecule has 0 fully saturated rings. The number of aliphatic hydroxyl groups is 1. The second-order valence-corrected chi connectivity index (χ2v) is 6.21. The zero-order chi connectivity index (χ0) is 16.2. The molecule has 4 nitrogen and oxygen atoms in total. The van der Waals surface area contributed by atoms with Crippen molar-refractivity contribution in [3.05, 3.63) is 58.6 Å². The van der Waals surface area contributed by atoms with Crippen molar-refractivity contribution in [3.8, 4) is 11.5 Å². The summed E-state index contributed by atoms with van der Waals surface area (Å²) < 4.78 is 10.7. The third-order valence-corrected chi connectivity index (χ3v) is 4.11. The molecule has 2 N–H and O–H groups in total. The van der Waals surface area contributed by atoms with E-state index in [9.17, 15) is 5.11 Å². The summed E-state index contributed by atoms with van der Waals surface area (Å²) >= 11 is 5.95. The highest BCUT2D eigenvalue weighted by Gasteiger charge is 2.15. The van der Waals surface area contributed by atoms with Gasteiger partial charge >= 0.3 is 0 Å². The van der Waals surface area contributed by atoms with Gasteiger partial charge in [0.25, 0.3) is 0 Å². The zero-order valence-electron chi connectivity index (χ0n) is 13.0. The minimum atomic E-state index is -0.576. The smallest absolute Gasteiger partial charge is 0.231 e. The first-order valence-electron chi connectivity index (χ1n) is 7.67. The van der Waals surface area contributed by atoms with E-state index in [4.69, 9.17) is 21.1 Å². The summed E-state index contributed by atoms with van der Waals surface area (Å²) in [6, 6.07) is 13.5. The van der Waals surface area contributed by atoms with E-state index >= 15 is 0 Å². The molecule has 1 heterocycles. The molecule has 0 amide bonds. The molecule has 0 spiro atoms. The first kappa shape index (κ1) is 16.1. The molecule has 0 radical (unpaired) electrons. The van der Waals surface area contributed by atoms with Crippen LogP contribution in [0.4, 0.5) is 0 Å². The molecule has 2 aromatic carbocycles. The Morgan fingerprint density at radius 1 is 1.17 bits per heavy atom. The maximum Gasteiger partial charge on any atom is 0.231 e. The van der Waals surface area contributed by atoms with Crippen LogP contribution in [0, 0.1) is 0 Å². The second kappa shape index (κ2) is 7.21. The predicted molar refractivity (Wildman–Crippen MR) is 90.1 cm³/mol. The van der Waals surface area contributed by atoms with Crippen LogP contribution in [0.15, 0.2) is 42.5 Å². The Labute approximate surface area is 141 Å². The molecule has 0 aliphatic carbocycles. The Morgan fingerprint density at radius 2 is 2.00 bits per heavy atom. The van der Waals surface area contributed by atoms with Gasteiger partial charge in [0.1, 0.15) is 0 Å². The molecule has 23 heavy (non-hydrogen) atoms. The molecule has 1 aliphatic heterocycles. The van der Waals surface area contributed by atoms with Gasteiger partial charge in [-0.05, 0) is 48.7 Å². The van der Waals surface area contributed by atoms with Crippen LogP contribution in [0.25, 0.3) is 0 Å². The molecule has 0 aromatic heterocycles. The molecule has 0 saturated heterocycles. The fourth-order valence-corrected chi connectivity index (χ4v) is 2.84. The number of aliphatic hydroxyl groups excluding tert-OH is 1. The number of benzene rings is 2. The number of hydrogen-bond acceptors (Lipinski definition) is 4. The lowest BCUT2D eigenvalue weighted by Crippen LogP contribution is -2.32. The monoisotopic (exact) mass is 333 g/mol. The van der Waals surface area contributed by atoms with Crippen LogP contribution in [-0.4, -0.2) is 24.5 Å². The highest BCUT2D eigenvalue weighted by Crippen LogP contribution is 2.32. The molecular formula is C18H20ClNO3. The van der Waals surface area contributed by atoms with Crippen LogP contribution in [0.5, 0.6) is 11.5 Å². The van der Waals surface area contributed by atoms with Gasteiger partial charge in [0.05, 0.1) is 6.10 Å². The Kier molecular flexibility index (Phi) is 5.06. The SMILES string of the molecule is C[C@H](Cc1ccc2c(c1)OCO2)NC[C@H](O)c1cccc(Cl)c1. The van der Waals surface area contributed by atoms with Crippen LogP contribution in [-0.2, 0) is 6.42 Å². The van der Waals surface area contributed by atoms with Crippen LogP contribution >= 0.6 is 11.6 Å². The number of halogens is 1. The number of nitrogens with one attached hydrogen (secondary N) is 1. The summed E-state index contributed by atoms with van der Waals surface area (Å²) in [4.78, 5) is 0. The van der Waals surface area contributed by atoms with Crippen molar-refractivity contribution in [1.82, 2.24) is 5.32 Å². The average Bonchev–Trinajstić information content (AvgIpc) is 3.00. The fourth-order valence-electron chi connectivity index (χ4n) is 2.64.